The molecule has 0 amide bonds. The second-order valence-corrected chi connectivity index (χ2v) is 8.19. The number of aromatic nitrogens is 2. The second-order valence-electron chi connectivity index (χ2n) is 7.79. The van der Waals surface area contributed by atoms with Gasteiger partial charge in [-0.1, -0.05) is 23.7 Å². The molecule has 1 heterocycles. The summed E-state index contributed by atoms with van der Waals surface area (Å²) in [4.78, 5) is 25.1. The number of anilines is 5. The topological polar surface area (TPSA) is 91.8 Å². The van der Waals surface area contributed by atoms with Crippen molar-refractivity contribution in [2.24, 2.45) is 0 Å². The molecule has 0 saturated carbocycles. The maximum absolute atomic E-state index is 12.1. The van der Waals surface area contributed by atoms with Gasteiger partial charge in [-0.05, 0) is 38.4 Å². The number of nitrogens with one attached hydrogen (secondary N) is 2. The van der Waals surface area contributed by atoms with Crippen LogP contribution in [0.5, 0.6) is 5.75 Å². The summed E-state index contributed by atoms with van der Waals surface area (Å²) in [5.74, 6) is 0.842. The van der Waals surface area contributed by atoms with E-state index in [9.17, 15) is 4.79 Å². The summed E-state index contributed by atoms with van der Waals surface area (Å²) in [7, 11) is 9.08. The molecular weight excluding hydrogens is 456 g/mol. The Kier molecular flexibility index (Phi) is 8.50. The molecule has 180 valence electrons. The lowest BCUT2D eigenvalue weighted by Gasteiger charge is -2.23. The molecule has 0 aliphatic carbocycles. The highest BCUT2D eigenvalue weighted by atomic mass is 35.5. The first-order valence-electron chi connectivity index (χ1n) is 10.6. The van der Waals surface area contributed by atoms with Gasteiger partial charge < -0.3 is 29.9 Å². The van der Waals surface area contributed by atoms with Crippen molar-refractivity contribution in [1.29, 1.82) is 0 Å². The van der Waals surface area contributed by atoms with Crippen molar-refractivity contribution < 1.29 is 14.3 Å². The van der Waals surface area contributed by atoms with E-state index in [1.165, 1.54) is 13.3 Å². The van der Waals surface area contributed by atoms with Crippen molar-refractivity contribution in [3.05, 3.63) is 59.2 Å². The first kappa shape index (κ1) is 25.1. The van der Waals surface area contributed by atoms with Gasteiger partial charge in [0.15, 0.2) is 5.82 Å². The molecule has 3 rings (SSSR count). The summed E-state index contributed by atoms with van der Waals surface area (Å²) < 4.78 is 10.4. The molecule has 3 aromatic rings. The van der Waals surface area contributed by atoms with Crippen molar-refractivity contribution in [3.8, 4) is 5.75 Å². The third-order valence-electron chi connectivity index (χ3n) is 5.08. The van der Waals surface area contributed by atoms with Crippen LogP contribution in [-0.2, 0) is 4.74 Å². The van der Waals surface area contributed by atoms with E-state index < -0.39 is 5.97 Å². The number of benzene rings is 2. The van der Waals surface area contributed by atoms with Crippen molar-refractivity contribution in [2.75, 3.05) is 64.0 Å². The molecule has 34 heavy (non-hydrogen) atoms. The molecule has 0 atom stereocenters. The number of para-hydroxylation sites is 1. The Morgan fingerprint density at radius 3 is 2.50 bits per heavy atom. The molecule has 0 spiro atoms. The van der Waals surface area contributed by atoms with Crippen LogP contribution in [0.3, 0.4) is 0 Å². The van der Waals surface area contributed by atoms with Gasteiger partial charge in [0.1, 0.15) is 10.8 Å². The van der Waals surface area contributed by atoms with Crippen LogP contribution in [0.1, 0.15) is 10.4 Å². The van der Waals surface area contributed by atoms with E-state index >= 15 is 0 Å². The zero-order valence-electron chi connectivity index (χ0n) is 19.9. The highest BCUT2D eigenvalue weighted by Crippen LogP contribution is 2.32. The third kappa shape index (κ3) is 6.27. The number of nitrogens with zero attached hydrogens (tertiary/aromatic N) is 4. The Hall–Kier alpha value is -3.56. The van der Waals surface area contributed by atoms with E-state index in [1.54, 1.807) is 31.4 Å². The van der Waals surface area contributed by atoms with Crippen LogP contribution in [0, 0.1) is 0 Å². The maximum atomic E-state index is 12.1. The largest absolute Gasteiger partial charge is 0.494 e. The summed E-state index contributed by atoms with van der Waals surface area (Å²) in [5, 5.41) is 6.57. The van der Waals surface area contributed by atoms with E-state index in [0.29, 0.717) is 39.5 Å². The smallest absolute Gasteiger partial charge is 0.339 e. The Labute approximate surface area is 204 Å². The fraction of sp³-hybridized carbons (Fsp3) is 0.292. The lowest BCUT2D eigenvalue weighted by molar-refractivity contribution is 0.0602. The summed E-state index contributed by atoms with van der Waals surface area (Å²) in [5.41, 5.74) is 2.62. The number of likely N-dealkylation sites (N-methyl/N-ethyl adjacent to an activating group) is 2. The second kappa shape index (κ2) is 11.5. The van der Waals surface area contributed by atoms with Gasteiger partial charge in [0.05, 0.1) is 37.4 Å². The summed E-state index contributed by atoms with van der Waals surface area (Å²) in [6.45, 7) is 1.82. The Balaban J connectivity index is 1.82. The quantitative estimate of drug-likeness (QED) is 0.406. The highest BCUT2D eigenvalue weighted by molar-refractivity contribution is 6.33. The van der Waals surface area contributed by atoms with Gasteiger partial charge >= 0.3 is 5.97 Å². The average molecular weight is 485 g/mol. The highest BCUT2D eigenvalue weighted by Gasteiger charge is 2.15. The Morgan fingerprint density at radius 2 is 1.79 bits per heavy atom. The minimum Gasteiger partial charge on any atom is -0.494 e. The van der Waals surface area contributed by atoms with E-state index in [4.69, 9.17) is 21.1 Å². The number of rotatable bonds is 10. The Morgan fingerprint density at radius 1 is 1.03 bits per heavy atom. The van der Waals surface area contributed by atoms with Crippen molar-refractivity contribution >= 4 is 46.4 Å². The molecule has 0 unspecified atom stereocenters. The van der Waals surface area contributed by atoms with E-state index in [2.05, 4.69) is 30.4 Å². The average Bonchev–Trinajstić information content (AvgIpc) is 2.84. The van der Waals surface area contributed by atoms with Gasteiger partial charge in [-0.15, -0.1) is 0 Å². The molecule has 9 nitrogen and oxygen atoms in total. The lowest BCUT2D eigenvalue weighted by atomic mass is 10.2. The monoisotopic (exact) mass is 484 g/mol. The molecule has 0 saturated heterocycles. The predicted molar refractivity (Wildman–Crippen MR) is 136 cm³/mol. The van der Waals surface area contributed by atoms with Crippen molar-refractivity contribution in [2.45, 2.75) is 0 Å². The minimum absolute atomic E-state index is 0.301. The zero-order valence-corrected chi connectivity index (χ0v) is 20.7. The van der Waals surface area contributed by atoms with Crippen LogP contribution < -0.4 is 20.3 Å². The van der Waals surface area contributed by atoms with Crippen LogP contribution in [0.4, 0.5) is 28.8 Å². The molecule has 0 radical (unpaired) electrons. The number of esters is 1. The molecule has 0 bridgehead atoms. The van der Waals surface area contributed by atoms with Crippen LogP contribution in [-0.4, -0.2) is 69.3 Å². The SMILES string of the molecule is COC(=O)c1ccccc1Nc1nc(Nc2ccc(N(C)CCN(C)C)cc2OC)ncc1Cl. The van der Waals surface area contributed by atoms with E-state index in [0.717, 1.165) is 18.8 Å². The fourth-order valence-electron chi connectivity index (χ4n) is 3.14. The van der Waals surface area contributed by atoms with Crippen molar-refractivity contribution in [1.82, 2.24) is 14.9 Å². The first-order valence-corrected chi connectivity index (χ1v) is 11.0. The van der Waals surface area contributed by atoms with E-state index in [-0.39, 0.29) is 0 Å². The van der Waals surface area contributed by atoms with Crippen LogP contribution in [0.2, 0.25) is 5.02 Å². The Bertz CT molecular complexity index is 1140. The number of hydrogen-bond acceptors (Lipinski definition) is 9. The molecule has 2 N–H and O–H groups in total. The van der Waals surface area contributed by atoms with Crippen LogP contribution in [0.15, 0.2) is 48.7 Å². The van der Waals surface area contributed by atoms with Gasteiger partial charge in [-0.25, -0.2) is 9.78 Å². The summed E-state index contributed by atoms with van der Waals surface area (Å²) >= 11 is 6.32. The molecule has 0 fully saturated rings. The standard InChI is InChI=1S/C24H29ClN6O3/c1-30(2)12-13-31(3)16-10-11-20(21(14-16)33-4)28-24-26-15-18(25)22(29-24)27-19-9-7-6-8-17(19)23(32)34-5/h6-11,14-15H,12-13H2,1-5H3,(H2,26,27,28,29). The molecule has 1 aromatic heterocycles. The van der Waals surface area contributed by atoms with Crippen LogP contribution in [0.25, 0.3) is 0 Å². The molecule has 0 aliphatic rings. The number of carbonyl (C=O) groups excluding carboxylic acids is 1. The van der Waals surface area contributed by atoms with Gasteiger partial charge in [0.25, 0.3) is 0 Å². The minimum atomic E-state index is -0.466. The van der Waals surface area contributed by atoms with Gasteiger partial charge in [-0.2, -0.15) is 4.98 Å². The molecule has 2 aromatic carbocycles. The fourth-order valence-corrected chi connectivity index (χ4v) is 3.28. The third-order valence-corrected chi connectivity index (χ3v) is 5.36. The number of halogens is 1. The zero-order chi connectivity index (χ0) is 24.7. The number of methoxy groups -OCH3 is 2. The predicted octanol–water partition coefficient (Wildman–Crippen LogP) is 4.41. The number of carbonyl (C=O) groups is 1. The van der Waals surface area contributed by atoms with Crippen LogP contribution >= 0.6 is 11.6 Å². The van der Waals surface area contributed by atoms with E-state index in [1.807, 2.05) is 39.3 Å². The lowest BCUT2D eigenvalue weighted by Crippen LogP contribution is -2.28. The van der Waals surface area contributed by atoms with Crippen molar-refractivity contribution in [3.63, 3.8) is 0 Å². The van der Waals surface area contributed by atoms with Gasteiger partial charge in [0, 0.05) is 31.9 Å². The van der Waals surface area contributed by atoms with Gasteiger partial charge in [0.2, 0.25) is 5.95 Å². The van der Waals surface area contributed by atoms with Gasteiger partial charge in [-0.3, -0.25) is 0 Å². The summed E-state index contributed by atoms with van der Waals surface area (Å²) in [6.07, 6.45) is 1.48. The number of ether oxygens (including phenoxy) is 2. The molecule has 10 heteroatoms. The number of hydrogen-bond donors (Lipinski definition) is 2. The summed E-state index contributed by atoms with van der Waals surface area (Å²) in [6, 6.07) is 12.8. The molecular formula is C24H29ClN6O3. The normalized spacial score (nSPS) is 10.7. The maximum Gasteiger partial charge on any atom is 0.339 e. The molecule has 0 aliphatic heterocycles. The first-order chi connectivity index (χ1) is 16.3.